The Kier molecular flexibility index (Phi) is 2.10. The van der Waals surface area contributed by atoms with Crippen LogP contribution >= 0.6 is 15.9 Å². The molecule has 6 heteroatoms. The summed E-state index contributed by atoms with van der Waals surface area (Å²) in [4.78, 5) is 0. The summed E-state index contributed by atoms with van der Waals surface area (Å²) in [5, 5.41) is 0. The first kappa shape index (κ1) is 6.45. The van der Waals surface area contributed by atoms with Gasteiger partial charge in [-0.3, -0.25) is 0 Å². The molecule has 2 unspecified atom stereocenters. The topological polar surface area (TPSA) is 34.1 Å². The molecule has 0 amide bonds. The first-order valence-electron chi connectivity index (χ1n) is 1.10. The Bertz CT molecular complexity index is 93.7. The average molecular weight is 126 g/mol. The van der Waals surface area contributed by atoms with Crippen LogP contribution in [0.25, 0.3) is 0 Å². The molecule has 0 fully saturated rings. The van der Waals surface area contributed by atoms with Crippen molar-refractivity contribution in [3.05, 3.63) is 0 Å². The Hall–Kier alpha value is 0.455. The third-order valence-electron chi connectivity index (χ3n) is 0.144. The summed E-state index contributed by atoms with van der Waals surface area (Å²) in [6.45, 7) is -0.211. The number of hydrogen-bond acceptors (Lipinski definition) is 2. The molecular formula is H2BFO2P2. The zero-order chi connectivity index (χ0) is 5.21. The zero-order valence-corrected chi connectivity index (χ0v) is 4.85. The quantitative estimate of drug-likeness (QED) is 0.387. The maximum absolute atomic E-state index is 11.3. The molecule has 0 aromatic heterocycles. The molecular weight excluding hydrogens is 124 g/mol. The van der Waals surface area contributed by atoms with Crippen LogP contribution in [0.1, 0.15) is 0 Å². The van der Waals surface area contributed by atoms with E-state index in [2.05, 4.69) is 0 Å². The third kappa shape index (κ3) is 4.45. The molecule has 6 heavy (non-hydrogen) atoms. The van der Waals surface area contributed by atoms with E-state index < -0.39 is 7.02 Å². The predicted molar refractivity (Wildman–Crippen MR) is 24.9 cm³/mol. The van der Waals surface area contributed by atoms with Crippen molar-refractivity contribution < 1.29 is 13.5 Å². The standard InChI is InChI=1S/BFH2O2P2/c2-6(4,5)1-3/h5H2. The predicted octanol–water partition coefficient (Wildman–Crippen LogP) is 0.989. The summed E-state index contributed by atoms with van der Waals surface area (Å²) in [6.07, 6.45) is 0. The Labute approximate surface area is 37.3 Å². The second-order valence-electron chi connectivity index (χ2n) is 0.729. The molecule has 0 aliphatic rings. The van der Waals surface area contributed by atoms with Crippen LogP contribution in [0.4, 0.5) is 4.20 Å². The van der Waals surface area contributed by atoms with E-state index in [-0.39, 0.29) is 6.87 Å². The molecule has 0 N–H and O–H groups in total. The van der Waals surface area contributed by atoms with Gasteiger partial charge < -0.3 is 0 Å². The Morgan fingerprint density at radius 1 is 1.83 bits per heavy atom. The van der Waals surface area contributed by atoms with Gasteiger partial charge in [0.05, 0.1) is 0 Å². The summed E-state index contributed by atoms with van der Waals surface area (Å²) < 4.78 is 29.9. The van der Waals surface area contributed by atoms with Crippen molar-refractivity contribution in [2.45, 2.75) is 0 Å². The van der Waals surface area contributed by atoms with Crippen LogP contribution in [0.15, 0.2) is 0 Å². The summed E-state index contributed by atoms with van der Waals surface area (Å²) in [6, 6.07) is 0. The van der Waals surface area contributed by atoms with Gasteiger partial charge in [0.2, 0.25) is 0 Å². The SMILES string of the molecule is O=BP(=O)(F)P. The van der Waals surface area contributed by atoms with Gasteiger partial charge in [-0.15, -0.1) is 0 Å². The molecule has 0 spiro atoms. The summed E-state index contributed by atoms with van der Waals surface area (Å²) >= 11 is 0. The van der Waals surface area contributed by atoms with E-state index >= 15 is 0 Å². The monoisotopic (exact) mass is 126 g/mol. The molecule has 2 nitrogen and oxygen atoms in total. The van der Waals surface area contributed by atoms with E-state index in [1.54, 1.807) is 0 Å². The number of rotatable bonds is 1. The van der Waals surface area contributed by atoms with E-state index in [9.17, 15) is 8.76 Å². The molecule has 0 radical (unpaired) electrons. The van der Waals surface area contributed by atoms with Gasteiger partial charge >= 0.3 is 36.3 Å². The van der Waals surface area contributed by atoms with E-state index in [1.807, 2.05) is 0 Å². The molecule has 0 aromatic carbocycles. The second-order valence-corrected chi connectivity index (χ2v) is 4.30. The van der Waals surface area contributed by atoms with Gasteiger partial charge in [0.25, 0.3) is 0 Å². The van der Waals surface area contributed by atoms with Crippen LogP contribution in [-0.2, 0) is 9.27 Å². The molecule has 34 valence electrons. The third-order valence-corrected chi connectivity index (χ3v) is 0.796. The number of halogens is 1. The fraction of sp³-hybridized carbons (Fsp3) is 0. The summed E-state index contributed by atoms with van der Waals surface area (Å²) in [5.41, 5.74) is 0. The van der Waals surface area contributed by atoms with Gasteiger partial charge in [-0.2, -0.15) is 0 Å². The van der Waals surface area contributed by atoms with Crippen LogP contribution in [0.5, 0.6) is 0 Å². The second kappa shape index (κ2) is 1.95. The van der Waals surface area contributed by atoms with E-state index in [0.717, 1.165) is 0 Å². The van der Waals surface area contributed by atoms with Crippen molar-refractivity contribution in [2.75, 3.05) is 0 Å². The summed E-state index contributed by atoms with van der Waals surface area (Å²) in [7, 11) is -2.60. The average Bonchev–Trinajstić information content (AvgIpc) is 1.35. The van der Waals surface area contributed by atoms with Crippen LogP contribution < -0.4 is 0 Å². The van der Waals surface area contributed by atoms with Gasteiger partial charge in [-0.25, -0.2) is 0 Å². The molecule has 0 aliphatic heterocycles. The maximum atomic E-state index is 11.3. The van der Waals surface area contributed by atoms with Gasteiger partial charge in [-0.1, -0.05) is 0 Å². The Morgan fingerprint density at radius 2 is 2.00 bits per heavy atom. The Morgan fingerprint density at radius 3 is 2.00 bits per heavy atom. The van der Waals surface area contributed by atoms with Gasteiger partial charge in [0.15, 0.2) is 0 Å². The fourth-order valence-electron chi connectivity index (χ4n) is 0. The minimum absolute atomic E-state index is 0.211. The van der Waals surface area contributed by atoms with E-state index in [1.165, 1.54) is 8.93 Å². The molecule has 0 bridgehead atoms. The van der Waals surface area contributed by atoms with Crippen LogP contribution in [0.2, 0.25) is 0 Å². The molecule has 2 atom stereocenters. The molecule has 0 aromatic rings. The van der Waals surface area contributed by atoms with Crippen molar-refractivity contribution >= 4 is 22.8 Å². The van der Waals surface area contributed by atoms with Crippen LogP contribution in [0.3, 0.4) is 0 Å². The van der Waals surface area contributed by atoms with Crippen molar-refractivity contribution in [1.82, 2.24) is 0 Å². The summed E-state index contributed by atoms with van der Waals surface area (Å²) in [5.74, 6) is 0. The first-order chi connectivity index (χ1) is 2.56. The first-order valence-corrected chi connectivity index (χ1v) is 4.39. The molecule has 0 rings (SSSR count). The van der Waals surface area contributed by atoms with Gasteiger partial charge in [0, 0.05) is 0 Å². The fourth-order valence-corrected chi connectivity index (χ4v) is 0. The number of hydrogen-bond donors (Lipinski definition) is 0. The van der Waals surface area contributed by atoms with Crippen molar-refractivity contribution in [1.29, 1.82) is 0 Å². The Balaban J connectivity index is 3.81. The van der Waals surface area contributed by atoms with Crippen LogP contribution in [0, 0.1) is 0 Å². The minimum atomic E-state index is -3.91. The van der Waals surface area contributed by atoms with E-state index in [4.69, 9.17) is 4.70 Å². The van der Waals surface area contributed by atoms with Crippen molar-refractivity contribution in [3.8, 4) is 0 Å². The normalized spacial score (nSPS) is 18.3. The van der Waals surface area contributed by atoms with Crippen LogP contribution in [-0.4, -0.2) is 6.87 Å². The zero-order valence-electron chi connectivity index (χ0n) is 2.80. The molecule has 0 saturated heterocycles. The molecule has 0 aliphatic carbocycles. The van der Waals surface area contributed by atoms with Gasteiger partial charge in [-0.05, 0) is 0 Å². The van der Waals surface area contributed by atoms with Gasteiger partial charge in [0.1, 0.15) is 0 Å². The van der Waals surface area contributed by atoms with Crippen molar-refractivity contribution in [3.63, 3.8) is 0 Å². The van der Waals surface area contributed by atoms with Crippen molar-refractivity contribution in [2.24, 2.45) is 0 Å². The van der Waals surface area contributed by atoms with E-state index in [0.29, 0.717) is 0 Å². The molecule has 0 saturated carbocycles. The molecule has 0 heterocycles.